The van der Waals surface area contributed by atoms with Crippen molar-refractivity contribution in [3.63, 3.8) is 0 Å². The van der Waals surface area contributed by atoms with Gasteiger partial charge in [0.25, 0.3) is 5.69 Å². The number of non-ortho nitro benzene ring substituents is 1. The molecule has 24 heavy (non-hydrogen) atoms. The predicted molar refractivity (Wildman–Crippen MR) is 97.0 cm³/mol. The van der Waals surface area contributed by atoms with Crippen LogP contribution in [0.25, 0.3) is 0 Å². The Morgan fingerprint density at radius 2 is 1.62 bits per heavy atom. The first-order chi connectivity index (χ1) is 11.5. The Bertz CT molecular complexity index is 488. The molecule has 0 aromatic heterocycles. The van der Waals surface area contributed by atoms with Crippen molar-refractivity contribution in [1.82, 2.24) is 0 Å². The van der Waals surface area contributed by atoms with Crippen molar-refractivity contribution in [2.45, 2.75) is 78.2 Å². The number of nitro benzene ring substituents is 1. The van der Waals surface area contributed by atoms with E-state index in [4.69, 9.17) is 9.47 Å². The van der Waals surface area contributed by atoms with Gasteiger partial charge in [-0.1, -0.05) is 51.9 Å². The van der Waals surface area contributed by atoms with Crippen molar-refractivity contribution in [3.8, 4) is 11.5 Å². The van der Waals surface area contributed by atoms with Gasteiger partial charge in [0.1, 0.15) is 0 Å². The first kappa shape index (κ1) is 20.3. The summed E-state index contributed by atoms with van der Waals surface area (Å²) in [5.74, 6) is 1.02. The fourth-order valence-corrected chi connectivity index (χ4v) is 2.49. The smallest absolute Gasteiger partial charge is 0.273 e. The molecule has 0 aliphatic heterocycles. The van der Waals surface area contributed by atoms with Crippen LogP contribution in [-0.2, 0) is 0 Å². The third-order valence-electron chi connectivity index (χ3n) is 3.76. The molecule has 0 radical (unpaired) electrons. The summed E-state index contributed by atoms with van der Waals surface area (Å²) in [4.78, 5) is 10.5. The van der Waals surface area contributed by atoms with Crippen molar-refractivity contribution < 1.29 is 14.4 Å². The molecule has 0 aliphatic carbocycles. The summed E-state index contributed by atoms with van der Waals surface area (Å²) < 4.78 is 11.4. The largest absolute Gasteiger partial charge is 0.490 e. The van der Waals surface area contributed by atoms with E-state index < -0.39 is 4.92 Å². The average Bonchev–Trinajstić information content (AvgIpc) is 2.53. The minimum absolute atomic E-state index is 0.0186. The Morgan fingerprint density at radius 1 is 1.00 bits per heavy atom. The number of ether oxygens (including phenoxy) is 2. The quantitative estimate of drug-likeness (QED) is 0.255. The van der Waals surface area contributed by atoms with Gasteiger partial charge in [0.2, 0.25) is 0 Å². The number of nitro groups is 1. The van der Waals surface area contributed by atoms with Crippen LogP contribution in [0, 0.1) is 10.1 Å². The Kier molecular flexibility index (Phi) is 9.89. The van der Waals surface area contributed by atoms with Crippen LogP contribution < -0.4 is 9.47 Å². The normalized spacial score (nSPS) is 10.8. The average molecular weight is 337 g/mol. The zero-order valence-corrected chi connectivity index (χ0v) is 15.3. The minimum atomic E-state index is -0.421. The number of hydrogen-bond acceptors (Lipinski definition) is 4. The number of benzene rings is 1. The topological polar surface area (TPSA) is 61.6 Å². The standard InChI is InChI=1S/C19H31NO4/c1-4-5-6-7-8-9-10-11-14-23-18-13-12-17(20(21)22)15-19(18)24-16(2)3/h12-13,15-16H,4-11,14H2,1-3H3. The summed E-state index contributed by atoms with van der Waals surface area (Å²) in [6, 6.07) is 4.51. The van der Waals surface area contributed by atoms with Crippen molar-refractivity contribution in [3.05, 3.63) is 28.3 Å². The molecule has 0 aliphatic rings. The zero-order chi connectivity index (χ0) is 17.8. The summed E-state index contributed by atoms with van der Waals surface area (Å²) in [6.07, 6.45) is 9.89. The van der Waals surface area contributed by atoms with Gasteiger partial charge in [0.15, 0.2) is 11.5 Å². The van der Waals surface area contributed by atoms with Crippen LogP contribution in [0.15, 0.2) is 18.2 Å². The van der Waals surface area contributed by atoms with Crippen molar-refractivity contribution in [2.75, 3.05) is 6.61 Å². The first-order valence-corrected chi connectivity index (χ1v) is 9.12. The summed E-state index contributed by atoms with van der Waals surface area (Å²) >= 11 is 0. The van der Waals surface area contributed by atoms with Crippen LogP contribution in [0.2, 0.25) is 0 Å². The molecule has 1 aromatic rings. The van der Waals surface area contributed by atoms with E-state index in [1.165, 1.54) is 50.7 Å². The highest BCUT2D eigenvalue weighted by Gasteiger charge is 2.14. The summed E-state index contributed by atoms with van der Waals surface area (Å²) in [5, 5.41) is 10.9. The third kappa shape index (κ3) is 8.18. The number of unbranched alkanes of at least 4 members (excludes halogenated alkanes) is 7. The maximum absolute atomic E-state index is 10.9. The fraction of sp³-hybridized carbons (Fsp3) is 0.684. The van der Waals surface area contributed by atoms with Gasteiger partial charge in [-0.25, -0.2) is 0 Å². The Morgan fingerprint density at radius 3 is 2.21 bits per heavy atom. The second kappa shape index (κ2) is 11.7. The maximum atomic E-state index is 10.9. The first-order valence-electron chi connectivity index (χ1n) is 9.12. The molecule has 1 aromatic carbocycles. The van der Waals surface area contributed by atoms with E-state index in [0.717, 1.165) is 12.8 Å². The van der Waals surface area contributed by atoms with Gasteiger partial charge < -0.3 is 9.47 Å². The lowest BCUT2D eigenvalue weighted by molar-refractivity contribution is -0.385. The third-order valence-corrected chi connectivity index (χ3v) is 3.76. The Hall–Kier alpha value is -1.78. The molecular weight excluding hydrogens is 306 g/mol. The lowest BCUT2D eigenvalue weighted by Gasteiger charge is -2.14. The molecule has 5 heteroatoms. The molecule has 0 bridgehead atoms. The van der Waals surface area contributed by atoms with E-state index in [1.54, 1.807) is 6.07 Å². The highest BCUT2D eigenvalue weighted by atomic mass is 16.6. The van der Waals surface area contributed by atoms with Crippen LogP contribution in [0.3, 0.4) is 0 Å². The summed E-state index contributed by atoms with van der Waals surface area (Å²) in [5.41, 5.74) is 0.0186. The molecule has 0 saturated heterocycles. The van der Waals surface area contributed by atoms with E-state index in [-0.39, 0.29) is 11.8 Å². The van der Waals surface area contributed by atoms with E-state index in [2.05, 4.69) is 6.92 Å². The van der Waals surface area contributed by atoms with E-state index >= 15 is 0 Å². The zero-order valence-electron chi connectivity index (χ0n) is 15.3. The van der Waals surface area contributed by atoms with Crippen molar-refractivity contribution in [2.24, 2.45) is 0 Å². The van der Waals surface area contributed by atoms with Crippen LogP contribution in [-0.4, -0.2) is 17.6 Å². The van der Waals surface area contributed by atoms with E-state index in [0.29, 0.717) is 18.1 Å². The van der Waals surface area contributed by atoms with Gasteiger partial charge in [0, 0.05) is 6.07 Å². The molecule has 0 N–H and O–H groups in total. The van der Waals surface area contributed by atoms with Crippen LogP contribution in [0.5, 0.6) is 11.5 Å². The predicted octanol–water partition coefficient (Wildman–Crippen LogP) is 5.90. The van der Waals surface area contributed by atoms with Crippen LogP contribution in [0.4, 0.5) is 5.69 Å². The molecule has 0 spiro atoms. The molecular formula is C19H31NO4. The second-order valence-corrected chi connectivity index (χ2v) is 6.38. The van der Waals surface area contributed by atoms with Crippen LogP contribution >= 0.6 is 0 Å². The molecule has 1 rings (SSSR count). The summed E-state index contributed by atoms with van der Waals surface area (Å²) in [7, 11) is 0. The van der Waals surface area contributed by atoms with Gasteiger partial charge in [-0.2, -0.15) is 0 Å². The monoisotopic (exact) mass is 337 g/mol. The summed E-state index contributed by atoms with van der Waals surface area (Å²) in [6.45, 7) is 6.62. The van der Waals surface area contributed by atoms with Crippen molar-refractivity contribution in [1.29, 1.82) is 0 Å². The van der Waals surface area contributed by atoms with Crippen molar-refractivity contribution >= 4 is 5.69 Å². The number of rotatable bonds is 13. The highest BCUT2D eigenvalue weighted by Crippen LogP contribution is 2.32. The number of nitrogens with zero attached hydrogens (tertiary/aromatic N) is 1. The Labute approximate surface area is 145 Å². The molecule has 0 fully saturated rings. The molecule has 0 amide bonds. The molecule has 0 atom stereocenters. The fourth-order valence-electron chi connectivity index (χ4n) is 2.49. The molecule has 0 heterocycles. The molecule has 136 valence electrons. The second-order valence-electron chi connectivity index (χ2n) is 6.38. The highest BCUT2D eigenvalue weighted by molar-refractivity contribution is 5.48. The molecule has 0 saturated carbocycles. The lowest BCUT2D eigenvalue weighted by Crippen LogP contribution is -2.08. The van der Waals surface area contributed by atoms with Gasteiger partial charge >= 0.3 is 0 Å². The molecule has 5 nitrogen and oxygen atoms in total. The van der Waals surface area contributed by atoms with E-state index in [1.807, 2.05) is 13.8 Å². The van der Waals surface area contributed by atoms with Gasteiger partial charge in [-0.3, -0.25) is 10.1 Å². The van der Waals surface area contributed by atoms with E-state index in [9.17, 15) is 10.1 Å². The Balaban J connectivity index is 2.37. The van der Waals surface area contributed by atoms with Gasteiger partial charge in [0.05, 0.1) is 23.7 Å². The minimum Gasteiger partial charge on any atom is -0.490 e. The van der Waals surface area contributed by atoms with Gasteiger partial charge in [-0.05, 0) is 26.3 Å². The lowest BCUT2D eigenvalue weighted by atomic mass is 10.1. The SMILES string of the molecule is CCCCCCCCCCOc1ccc([N+](=O)[O-])cc1OC(C)C. The number of hydrogen-bond donors (Lipinski definition) is 0. The maximum Gasteiger partial charge on any atom is 0.273 e. The molecule has 0 unspecified atom stereocenters. The van der Waals surface area contributed by atoms with Crippen LogP contribution in [0.1, 0.15) is 72.1 Å². The van der Waals surface area contributed by atoms with Gasteiger partial charge in [-0.15, -0.1) is 0 Å².